The maximum Gasteiger partial charge on any atom is 0.269 e. The van der Waals surface area contributed by atoms with Crippen LogP contribution < -0.4 is 5.73 Å². The lowest BCUT2D eigenvalue weighted by Gasteiger charge is -2.16. The number of nitrogens with two attached hydrogens (primary N) is 1. The van der Waals surface area contributed by atoms with Crippen LogP contribution in [0.4, 0.5) is 5.69 Å². The van der Waals surface area contributed by atoms with E-state index in [4.69, 9.17) is 17.3 Å². The van der Waals surface area contributed by atoms with Crippen LogP contribution in [0.5, 0.6) is 0 Å². The Labute approximate surface area is 122 Å². The third-order valence-corrected chi connectivity index (χ3v) is 3.50. The highest BCUT2D eigenvalue weighted by Gasteiger charge is 2.17. The molecule has 0 bridgehead atoms. The molecule has 2 aromatic rings. The highest BCUT2D eigenvalue weighted by Crippen LogP contribution is 2.28. The molecule has 2 aromatic carbocycles. The Morgan fingerprint density at radius 2 is 2.05 bits per heavy atom. The average molecular weight is 291 g/mol. The van der Waals surface area contributed by atoms with Crippen LogP contribution in [-0.2, 0) is 6.42 Å². The van der Waals surface area contributed by atoms with Gasteiger partial charge in [0.25, 0.3) is 5.69 Å². The van der Waals surface area contributed by atoms with Crippen LogP contribution in [0, 0.1) is 10.1 Å². The van der Waals surface area contributed by atoms with Crippen molar-refractivity contribution in [3.63, 3.8) is 0 Å². The number of hydrogen-bond acceptors (Lipinski definition) is 3. The van der Waals surface area contributed by atoms with E-state index in [-0.39, 0.29) is 5.69 Å². The number of non-ortho nitro benzene ring substituents is 1. The zero-order valence-corrected chi connectivity index (χ0v) is 11.8. The second-order valence-corrected chi connectivity index (χ2v) is 4.96. The standard InChI is InChI=1S/C15H15ClN2O2/c1-2-10-6-7-13(18(19)20)9-14(10)15(17)11-4-3-5-12(16)8-11/h3-9,15H,2,17H2,1H3. The largest absolute Gasteiger partial charge is 0.320 e. The molecule has 0 radical (unpaired) electrons. The molecule has 4 nitrogen and oxygen atoms in total. The van der Waals surface area contributed by atoms with Crippen LogP contribution >= 0.6 is 11.6 Å². The number of hydrogen-bond donors (Lipinski definition) is 1. The number of nitro benzene ring substituents is 1. The summed E-state index contributed by atoms with van der Waals surface area (Å²) in [7, 11) is 0. The van der Waals surface area contributed by atoms with Crippen molar-refractivity contribution in [2.75, 3.05) is 0 Å². The van der Waals surface area contributed by atoms with E-state index < -0.39 is 11.0 Å². The molecule has 0 heterocycles. The molecule has 0 aliphatic carbocycles. The summed E-state index contributed by atoms with van der Waals surface area (Å²) in [4.78, 5) is 10.5. The fourth-order valence-corrected chi connectivity index (χ4v) is 2.39. The number of rotatable bonds is 4. The Balaban J connectivity index is 2.49. The zero-order chi connectivity index (χ0) is 14.7. The first-order chi connectivity index (χ1) is 9.52. The van der Waals surface area contributed by atoms with Crippen molar-refractivity contribution in [1.82, 2.24) is 0 Å². The third kappa shape index (κ3) is 2.98. The minimum atomic E-state index is -0.427. The summed E-state index contributed by atoms with van der Waals surface area (Å²) < 4.78 is 0. The van der Waals surface area contributed by atoms with Crippen LogP contribution in [0.2, 0.25) is 5.02 Å². The van der Waals surface area contributed by atoms with Gasteiger partial charge in [-0.3, -0.25) is 10.1 Å². The molecule has 0 aliphatic heterocycles. The maximum absolute atomic E-state index is 10.9. The maximum atomic E-state index is 10.9. The predicted molar refractivity (Wildman–Crippen MR) is 80.0 cm³/mol. The van der Waals surface area contributed by atoms with E-state index >= 15 is 0 Å². The van der Waals surface area contributed by atoms with Crippen molar-refractivity contribution in [3.05, 3.63) is 74.3 Å². The van der Waals surface area contributed by atoms with E-state index in [0.29, 0.717) is 5.02 Å². The van der Waals surface area contributed by atoms with E-state index in [1.807, 2.05) is 19.1 Å². The van der Waals surface area contributed by atoms with Gasteiger partial charge >= 0.3 is 0 Å². The molecule has 0 saturated heterocycles. The molecule has 0 amide bonds. The first-order valence-corrected chi connectivity index (χ1v) is 6.69. The Bertz CT molecular complexity index is 644. The number of nitro groups is 1. The molecule has 20 heavy (non-hydrogen) atoms. The predicted octanol–water partition coefficient (Wildman–Crippen LogP) is 3.86. The second-order valence-electron chi connectivity index (χ2n) is 4.53. The quantitative estimate of drug-likeness (QED) is 0.686. The Morgan fingerprint density at radius 1 is 1.30 bits per heavy atom. The average Bonchev–Trinajstić information content (AvgIpc) is 2.45. The van der Waals surface area contributed by atoms with Crippen molar-refractivity contribution in [3.8, 4) is 0 Å². The van der Waals surface area contributed by atoms with Crippen molar-refractivity contribution in [1.29, 1.82) is 0 Å². The lowest BCUT2D eigenvalue weighted by Crippen LogP contribution is -2.14. The molecular formula is C15H15ClN2O2. The molecular weight excluding hydrogens is 276 g/mol. The van der Waals surface area contributed by atoms with E-state index in [1.54, 1.807) is 24.3 Å². The summed E-state index contributed by atoms with van der Waals surface area (Å²) >= 11 is 5.97. The monoisotopic (exact) mass is 290 g/mol. The van der Waals surface area contributed by atoms with Gasteiger partial charge in [0.1, 0.15) is 0 Å². The van der Waals surface area contributed by atoms with Gasteiger partial charge in [-0.1, -0.05) is 36.7 Å². The summed E-state index contributed by atoms with van der Waals surface area (Å²) in [5.41, 5.74) is 8.91. The highest BCUT2D eigenvalue weighted by molar-refractivity contribution is 6.30. The molecule has 5 heteroatoms. The van der Waals surface area contributed by atoms with Gasteiger partial charge in [0.05, 0.1) is 11.0 Å². The Morgan fingerprint density at radius 3 is 2.65 bits per heavy atom. The van der Waals surface area contributed by atoms with Gasteiger partial charge < -0.3 is 5.73 Å². The topological polar surface area (TPSA) is 69.2 Å². The van der Waals surface area contributed by atoms with Gasteiger partial charge in [0.2, 0.25) is 0 Å². The van der Waals surface area contributed by atoms with Crippen molar-refractivity contribution < 1.29 is 4.92 Å². The molecule has 2 N–H and O–H groups in total. The molecule has 0 saturated carbocycles. The number of nitrogens with zero attached hydrogens (tertiary/aromatic N) is 1. The summed E-state index contributed by atoms with van der Waals surface area (Å²) in [5, 5.41) is 11.5. The van der Waals surface area contributed by atoms with E-state index in [1.165, 1.54) is 6.07 Å². The van der Waals surface area contributed by atoms with E-state index in [0.717, 1.165) is 23.1 Å². The number of benzene rings is 2. The summed E-state index contributed by atoms with van der Waals surface area (Å²) in [6, 6.07) is 11.6. The zero-order valence-electron chi connectivity index (χ0n) is 11.0. The Kier molecular flexibility index (Phi) is 4.37. The SMILES string of the molecule is CCc1ccc([N+](=O)[O-])cc1C(N)c1cccc(Cl)c1. The molecule has 1 atom stereocenters. The summed E-state index contributed by atoms with van der Waals surface area (Å²) in [6.07, 6.45) is 0.765. The smallest absolute Gasteiger partial charge is 0.269 e. The van der Waals surface area contributed by atoms with Gasteiger partial charge in [0.15, 0.2) is 0 Å². The van der Waals surface area contributed by atoms with Crippen LogP contribution in [0.25, 0.3) is 0 Å². The van der Waals surface area contributed by atoms with Gasteiger partial charge in [-0.25, -0.2) is 0 Å². The molecule has 0 aliphatic rings. The highest BCUT2D eigenvalue weighted by atomic mass is 35.5. The van der Waals surface area contributed by atoms with Gasteiger partial charge in [-0.2, -0.15) is 0 Å². The van der Waals surface area contributed by atoms with Crippen LogP contribution in [0.1, 0.15) is 29.7 Å². The summed E-state index contributed by atoms with van der Waals surface area (Å²) in [5.74, 6) is 0. The second kappa shape index (κ2) is 6.03. The van der Waals surface area contributed by atoms with Crippen molar-refractivity contribution in [2.45, 2.75) is 19.4 Å². The fraction of sp³-hybridized carbons (Fsp3) is 0.200. The lowest BCUT2D eigenvalue weighted by atomic mass is 9.93. The number of aryl methyl sites for hydroxylation is 1. The van der Waals surface area contributed by atoms with Gasteiger partial charge in [-0.15, -0.1) is 0 Å². The fourth-order valence-electron chi connectivity index (χ4n) is 2.19. The Hall–Kier alpha value is -1.91. The lowest BCUT2D eigenvalue weighted by molar-refractivity contribution is -0.384. The molecule has 2 rings (SSSR count). The van der Waals surface area contributed by atoms with Crippen molar-refractivity contribution >= 4 is 17.3 Å². The normalized spacial score (nSPS) is 12.2. The van der Waals surface area contributed by atoms with E-state index in [9.17, 15) is 10.1 Å². The molecule has 0 spiro atoms. The molecule has 104 valence electrons. The van der Waals surface area contributed by atoms with Crippen molar-refractivity contribution in [2.24, 2.45) is 5.73 Å². The molecule has 1 unspecified atom stereocenters. The minimum absolute atomic E-state index is 0.0506. The van der Waals surface area contributed by atoms with E-state index in [2.05, 4.69) is 0 Å². The van der Waals surface area contributed by atoms with Crippen LogP contribution in [0.3, 0.4) is 0 Å². The van der Waals surface area contributed by atoms with Gasteiger partial charge in [0, 0.05) is 17.2 Å². The molecule has 0 aromatic heterocycles. The third-order valence-electron chi connectivity index (χ3n) is 3.26. The number of halogens is 1. The van der Waals surface area contributed by atoms with Crippen LogP contribution in [-0.4, -0.2) is 4.92 Å². The first kappa shape index (κ1) is 14.5. The summed E-state index contributed by atoms with van der Waals surface area (Å²) in [6.45, 7) is 2.00. The van der Waals surface area contributed by atoms with Crippen LogP contribution in [0.15, 0.2) is 42.5 Å². The minimum Gasteiger partial charge on any atom is -0.320 e. The molecule has 0 fully saturated rings. The first-order valence-electron chi connectivity index (χ1n) is 6.31. The van der Waals surface area contributed by atoms with Gasteiger partial charge in [-0.05, 0) is 35.2 Å².